The summed E-state index contributed by atoms with van der Waals surface area (Å²) in [7, 11) is 0. The van der Waals surface area contributed by atoms with Crippen LogP contribution in [0.4, 0.5) is 0 Å². The zero-order valence-corrected chi connectivity index (χ0v) is 8.44. The molecule has 0 aliphatic carbocycles. The Morgan fingerprint density at radius 1 is 1.29 bits per heavy atom. The van der Waals surface area contributed by atoms with Crippen molar-refractivity contribution in [1.82, 2.24) is 0 Å². The molecule has 1 aliphatic heterocycles. The van der Waals surface area contributed by atoms with Gasteiger partial charge in [0, 0.05) is 5.56 Å². The first-order valence-electron chi connectivity index (χ1n) is 4.84. The molecule has 0 fully saturated rings. The number of benzene rings is 1. The first-order valence-corrected chi connectivity index (χ1v) is 4.84. The summed E-state index contributed by atoms with van der Waals surface area (Å²) >= 11 is 0. The van der Waals surface area contributed by atoms with Crippen LogP contribution in [0.15, 0.2) is 30.5 Å². The second kappa shape index (κ2) is 3.84. The summed E-state index contributed by atoms with van der Waals surface area (Å²) < 4.78 is 11.1. The predicted octanol–water partition coefficient (Wildman–Crippen LogP) is 3.11. The molecule has 0 N–H and O–H groups in total. The molecule has 0 bridgehead atoms. The van der Waals surface area contributed by atoms with E-state index in [0.717, 1.165) is 5.56 Å². The lowest BCUT2D eigenvalue weighted by Gasteiger charge is -2.24. The molecule has 14 heavy (non-hydrogen) atoms. The summed E-state index contributed by atoms with van der Waals surface area (Å²) in [5.41, 5.74) is 2.27. The molecule has 1 aliphatic rings. The largest absolute Gasteiger partial charge is 0.468 e. The zero-order valence-electron chi connectivity index (χ0n) is 8.44. The molecule has 2 nitrogen and oxygen atoms in total. The van der Waals surface area contributed by atoms with Gasteiger partial charge in [0.1, 0.15) is 0 Å². The zero-order chi connectivity index (χ0) is 9.97. The van der Waals surface area contributed by atoms with Crippen molar-refractivity contribution in [2.45, 2.75) is 26.2 Å². The fraction of sp³-hybridized carbons (Fsp3) is 0.333. The van der Waals surface area contributed by atoms with Crippen LogP contribution < -0.4 is 0 Å². The number of hydrogen-bond acceptors (Lipinski definition) is 2. The van der Waals surface area contributed by atoms with Crippen LogP contribution in [0.25, 0.3) is 6.08 Å². The van der Waals surface area contributed by atoms with Crippen LogP contribution in [0, 0.1) is 0 Å². The van der Waals surface area contributed by atoms with E-state index in [2.05, 4.69) is 6.07 Å². The molecular weight excluding hydrogens is 176 g/mol. The molecule has 0 aromatic heterocycles. The third-order valence-electron chi connectivity index (χ3n) is 2.10. The minimum Gasteiger partial charge on any atom is -0.468 e. The second-order valence-electron chi connectivity index (χ2n) is 3.58. The Hall–Kier alpha value is -1.28. The summed E-state index contributed by atoms with van der Waals surface area (Å²) in [5, 5.41) is 0. The lowest BCUT2D eigenvalue weighted by molar-refractivity contribution is -0.136. The van der Waals surface area contributed by atoms with Gasteiger partial charge in [-0.1, -0.05) is 24.3 Å². The van der Waals surface area contributed by atoms with Gasteiger partial charge in [0.15, 0.2) is 0 Å². The fourth-order valence-corrected chi connectivity index (χ4v) is 1.49. The van der Waals surface area contributed by atoms with Crippen molar-refractivity contribution in [2.75, 3.05) is 0 Å². The number of hydrogen-bond donors (Lipinski definition) is 0. The van der Waals surface area contributed by atoms with Gasteiger partial charge in [-0.15, -0.1) is 0 Å². The van der Waals surface area contributed by atoms with Gasteiger partial charge in [0.2, 0.25) is 6.29 Å². The van der Waals surface area contributed by atoms with E-state index in [1.54, 1.807) is 6.26 Å². The lowest BCUT2D eigenvalue weighted by atomic mass is 10.1. The van der Waals surface area contributed by atoms with Crippen LogP contribution in [-0.4, -0.2) is 6.10 Å². The molecular formula is C12H14O2. The van der Waals surface area contributed by atoms with Crippen molar-refractivity contribution >= 4 is 6.08 Å². The first-order chi connectivity index (χ1) is 6.77. The fourth-order valence-electron chi connectivity index (χ4n) is 1.49. The van der Waals surface area contributed by atoms with Crippen LogP contribution in [0.1, 0.15) is 31.3 Å². The minimum absolute atomic E-state index is 0.166. The average molecular weight is 190 g/mol. The summed E-state index contributed by atoms with van der Waals surface area (Å²) in [6.07, 6.45) is 3.56. The van der Waals surface area contributed by atoms with Crippen LogP contribution in [0.3, 0.4) is 0 Å². The normalized spacial score (nSPS) is 19.2. The van der Waals surface area contributed by atoms with Crippen molar-refractivity contribution in [3.05, 3.63) is 41.7 Å². The predicted molar refractivity (Wildman–Crippen MR) is 55.5 cm³/mol. The monoisotopic (exact) mass is 190 g/mol. The van der Waals surface area contributed by atoms with Gasteiger partial charge in [-0.05, 0) is 25.5 Å². The number of fused-ring (bicyclic) bond motifs is 1. The van der Waals surface area contributed by atoms with Gasteiger partial charge in [0.25, 0.3) is 0 Å². The Labute approximate surface area is 84.2 Å². The van der Waals surface area contributed by atoms with Gasteiger partial charge < -0.3 is 9.47 Å². The summed E-state index contributed by atoms with van der Waals surface area (Å²) in [6, 6.07) is 8.11. The number of ether oxygens (including phenoxy) is 2. The standard InChI is InChI=1S/C12H14O2/c1-9(2)14-12-11-6-4-3-5-10(11)7-8-13-12/h3-9,12H,1-2H3. The van der Waals surface area contributed by atoms with Gasteiger partial charge in [-0.2, -0.15) is 0 Å². The van der Waals surface area contributed by atoms with E-state index in [1.807, 2.05) is 38.1 Å². The molecule has 0 amide bonds. The quantitative estimate of drug-likeness (QED) is 0.713. The molecule has 1 aromatic carbocycles. The van der Waals surface area contributed by atoms with Crippen LogP contribution in [-0.2, 0) is 9.47 Å². The van der Waals surface area contributed by atoms with E-state index in [9.17, 15) is 0 Å². The molecule has 0 saturated heterocycles. The maximum atomic E-state index is 5.64. The SMILES string of the molecule is CC(C)OC1OC=Cc2ccccc21. The maximum absolute atomic E-state index is 5.64. The van der Waals surface area contributed by atoms with E-state index >= 15 is 0 Å². The van der Waals surface area contributed by atoms with Crippen molar-refractivity contribution < 1.29 is 9.47 Å². The third kappa shape index (κ3) is 1.80. The Balaban J connectivity index is 2.27. The Morgan fingerprint density at radius 2 is 2.07 bits per heavy atom. The Kier molecular flexibility index (Phi) is 2.55. The molecule has 1 unspecified atom stereocenters. The van der Waals surface area contributed by atoms with Crippen LogP contribution >= 0.6 is 0 Å². The lowest BCUT2D eigenvalue weighted by Crippen LogP contribution is -2.14. The highest BCUT2D eigenvalue weighted by atomic mass is 16.7. The van der Waals surface area contributed by atoms with E-state index < -0.39 is 0 Å². The summed E-state index contributed by atoms with van der Waals surface area (Å²) in [5.74, 6) is 0. The van der Waals surface area contributed by atoms with E-state index in [4.69, 9.17) is 9.47 Å². The third-order valence-corrected chi connectivity index (χ3v) is 2.10. The molecule has 0 spiro atoms. The maximum Gasteiger partial charge on any atom is 0.226 e. The van der Waals surface area contributed by atoms with Gasteiger partial charge in [-0.25, -0.2) is 0 Å². The molecule has 0 saturated carbocycles. The van der Waals surface area contributed by atoms with Crippen molar-refractivity contribution in [3.63, 3.8) is 0 Å². The van der Waals surface area contributed by atoms with Crippen LogP contribution in [0.2, 0.25) is 0 Å². The number of rotatable bonds is 2. The molecule has 1 heterocycles. The van der Waals surface area contributed by atoms with Crippen LogP contribution in [0.5, 0.6) is 0 Å². The van der Waals surface area contributed by atoms with E-state index in [0.29, 0.717) is 0 Å². The minimum atomic E-state index is -0.254. The molecule has 0 radical (unpaired) electrons. The molecule has 1 aromatic rings. The van der Waals surface area contributed by atoms with Crippen molar-refractivity contribution in [1.29, 1.82) is 0 Å². The molecule has 2 heteroatoms. The summed E-state index contributed by atoms with van der Waals surface area (Å²) in [4.78, 5) is 0. The highest BCUT2D eigenvalue weighted by molar-refractivity contribution is 5.54. The van der Waals surface area contributed by atoms with Gasteiger partial charge in [0.05, 0.1) is 12.4 Å². The first kappa shape index (κ1) is 9.28. The molecule has 2 rings (SSSR count). The average Bonchev–Trinajstić information content (AvgIpc) is 2.18. The van der Waals surface area contributed by atoms with E-state index in [-0.39, 0.29) is 12.4 Å². The van der Waals surface area contributed by atoms with E-state index in [1.165, 1.54) is 5.56 Å². The Bertz CT molecular complexity index is 342. The topological polar surface area (TPSA) is 18.5 Å². The molecule has 74 valence electrons. The molecule has 1 atom stereocenters. The van der Waals surface area contributed by atoms with Crippen molar-refractivity contribution in [3.8, 4) is 0 Å². The highest BCUT2D eigenvalue weighted by Crippen LogP contribution is 2.28. The van der Waals surface area contributed by atoms with Gasteiger partial charge >= 0.3 is 0 Å². The highest BCUT2D eigenvalue weighted by Gasteiger charge is 2.19. The Morgan fingerprint density at radius 3 is 2.86 bits per heavy atom. The van der Waals surface area contributed by atoms with Crippen molar-refractivity contribution in [2.24, 2.45) is 0 Å². The smallest absolute Gasteiger partial charge is 0.226 e. The van der Waals surface area contributed by atoms with Gasteiger partial charge in [-0.3, -0.25) is 0 Å². The summed E-state index contributed by atoms with van der Waals surface area (Å²) in [6.45, 7) is 4.01. The second-order valence-corrected chi connectivity index (χ2v) is 3.58.